The fourth-order valence-corrected chi connectivity index (χ4v) is 2.58. The van der Waals surface area contributed by atoms with Crippen molar-refractivity contribution in [1.82, 2.24) is 4.90 Å². The first kappa shape index (κ1) is 13.0. The predicted octanol–water partition coefficient (Wildman–Crippen LogP) is 0.0242. The van der Waals surface area contributed by atoms with Crippen LogP contribution >= 0.6 is 0 Å². The van der Waals surface area contributed by atoms with Crippen LogP contribution in [0.25, 0.3) is 0 Å². The monoisotopic (exact) mass is 279 g/mol. The van der Waals surface area contributed by atoms with E-state index in [4.69, 9.17) is 4.74 Å². The molecule has 1 saturated heterocycles. The van der Waals surface area contributed by atoms with Gasteiger partial charge in [-0.15, -0.1) is 0 Å². The number of rotatable bonds is 2. The number of nitrogens with zero attached hydrogens (tertiary/aromatic N) is 2. The lowest BCUT2D eigenvalue weighted by atomic mass is 10.0. The molecule has 0 spiro atoms. The van der Waals surface area contributed by atoms with Crippen molar-refractivity contribution in [3.8, 4) is 0 Å². The van der Waals surface area contributed by atoms with Gasteiger partial charge in [-0.25, -0.2) is 0 Å². The van der Waals surface area contributed by atoms with E-state index in [2.05, 4.69) is 5.32 Å². The van der Waals surface area contributed by atoms with Gasteiger partial charge in [-0.1, -0.05) is 0 Å². The molecule has 1 aromatic carbocycles. The van der Waals surface area contributed by atoms with Crippen molar-refractivity contribution in [3.63, 3.8) is 0 Å². The van der Waals surface area contributed by atoms with Crippen LogP contribution in [0.1, 0.15) is 5.56 Å². The van der Waals surface area contributed by atoms with E-state index < -0.39 is 16.6 Å². The molecule has 2 aliphatic heterocycles. The van der Waals surface area contributed by atoms with Crippen molar-refractivity contribution in [2.75, 3.05) is 31.6 Å². The summed E-state index contributed by atoms with van der Waals surface area (Å²) in [5.41, 5.74) is -1.41. The number of fused-ring (bicyclic) bond motifs is 1. The third kappa shape index (κ3) is 1.77. The van der Waals surface area contributed by atoms with Crippen LogP contribution in [0.3, 0.4) is 0 Å². The molecule has 0 saturated carbocycles. The minimum absolute atomic E-state index is 0.160. The highest BCUT2D eigenvalue weighted by molar-refractivity contribution is 6.04. The zero-order chi connectivity index (χ0) is 14.3. The zero-order valence-corrected chi connectivity index (χ0v) is 10.5. The second kappa shape index (κ2) is 4.51. The van der Waals surface area contributed by atoms with Gasteiger partial charge in [0.05, 0.1) is 18.1 Å². The third-order valence-corrected chi connectivity index (χ3v) is 3.62. The van der Waals surface area contributed by atoms with E-state index >= 15 is 0 Å². The Morgan fingerprint density at radius 3 is 2.75 bits per heavy atom. The van der Waals surface area contributed by atoms with Gasteiger partial charge in [0.25, 0.3) is 11.6 Å². The number of anilines is 1. The second-order valence-corrected chi connectivity index (χ2v) is 4.71. The fourth-order valence-electron chi connectivity index (χ4n) is 2.58. The van der Waals surface area contributed by atoms with Gasteiger partial charge in [0, 0.05) is 36.5 Å². The van der Waals surface area contributed by atoms with Gasteiger partial charge in [0.2, 0.25) is 5.72 Å². The number of morpholine rings is 1. The van der Waals surface area contributed by atoms with Gasteiger partial charge >= 0.3 is 0 Å². The molecule has 0 aliphatic carbocycles. The quantitative estimate of drug-likeness (QED) is 0.584. The molecular formula is C12H13N3O5. The molecule has 8 nitrogen and oxygen atoms in total. The number of ether oxygens (including phenoxy) is 1. The first-order chi connectivity index (χ1) is 9.53. The van der Waals surface area contributed by atoms with Crippen molar-refractivity contribution in [2.24, 2.45) is 0 Å². The fraction of sp³-hybridized carbons (Fsp3) is 0.417. The van der Waals surface area contributed by atoms with Gasteiger partial charge in [-0.3, -0.25) is 19.8 Å². The highest BCUT2D eigenvalue weighted by atomic mass is 16.6. The number of hydrogen-bond donors (Lipinski definition) is 2. The van der Waals surface area contributed by atoms with Gasteiger partial charge in [0.15, 0.2) is 0 Å². The highest BCUT2D eigenvalue weighted by Gasteiger charge is 2.51. The van der Waals surface area contributed by atoms with E-state index in [1.165, 1.54) is 18.2 Å². The normalized spacial score (nSPS) is 26.1. The minimum atomic E-state index is -1.87. The average molecular weight is 279 g/mol. The molecule has 0 aromatic heterocycles. The summed E-state index contributed by atoms with van der Waals surface area (Å²) in [7, 11) is 0. The number of amides is 1. The van der Waals surface area contributed by atoms with Crippen molar-refractivity contribution in [3.05, 3.63) is 33.9 Å². The van der Waals surface area contributed by atoms with Crippen LogP contribution in [0.2, 0.25) is 0 Å². The van der Waals surface area contributed by atoms with Crippen LogP contribution < -0.4 is 5.32 Å². The molecule has 1 aromatic rings. The van der Waals surface area contributed by atoms with Crippen LogP contribution in [0, 0.1) is 10.1 Å². The van der Waals surface area contributed by atoms with Crippen molar-refractivity contribution >= 4 is 17.3 Å². The van der Waals surface area contributed by atoms with Gasteiger partial charge in [0.1, 0.15) is 0 Å². The standard InChI is InChI=1S/C12H13N3O5/c16-11-12(17,14-3-5-20-6-4-14)9-7-8(15(18)19)1-2-10(9)13-11/h1-2,7,17H,3-6H2,(H,13,16)/t12-/m1/s1. The number of non-ortho nitro benzene ring substituents is 1. The highest BCUT2D eigenvalue weighted by Crippen LogP contribution is 2.40. The Kier molecular flexibility index (Phi) is 2.93. The number of aliphatic hydroxyl groups is 1. The average Bonchev–Trinajstić information content (AvgIpc) is 2.72. The smallest absolute Gasteiger partial charge is 0.276 e. The summed E-state index contributed by atoms with van der Waals surface area (Å²) in [6.07, 6.45) is 0. The summed E-state index contributed by atoms with van der Waals surface area (Å²) in [5, 5.41) is 24.2. The molecule has 2 heterocycles. The molecule has 2 N–H and O–H groups in total. The summed E-state index contributed by atoms with van der Waals surface area (Å²) < 4.78 is 5.20. The number of nitro groups is 1. The van der Waals surface area contributed by atoms with E-state index in [0.29, 0.717) is 32.0 Å². The Balaban J connectivity index is 2.06. The molecule has 1 fully saturated rings. The lowest BCUT2D eigenvalue weighted by Crippen LogP contribution is -2.55. The molecule has 8 heteroatoms. The van der Waals surface area contributed by atoms with Crippen LogP contribution in [0.15, 0.2) is 18.2 Å². The number of benzene rings is 1. The molecule has 106 valence electrons. The molecule has 20 heavy (non-hydrogen) atoms. The maximum absolute atomic E-state index is 12.1. The van der Waals surface area contributed by atoms with Crippen LogP contribution in [-0.4, -0.2) is 47.1 Å². The Bertz CT molecular complexity index is 584. The van der Waals surface area contributed by atoms with E-state index in [9.17, 15) is 20.0 Å². The SMILES string of the molecule is O=C1Nc2ccc([N+](=O)[O-])cc2[C@]1(O)N1CCOCC1. The summed E-state index contributed by atoms with van der Waals surface area (Å²) in [6.45, 7) is 1.57. The largest absolute Gasteiger partial charge is 0.379 e. The van der Waals surface area contributed by atoms with Gasteiger partial charge in [-0.05, 0) is 6.07 Å². The van der Waals surface area contributed by atoms with Crippen molar-refractivity contribution < 1.29 is 19.6 Å². The molecule has 0 unspecified atom stereocenters. The number of carbonyl (C=O) groups is 1. The lowest BCUT2D eigenvalue weighted by molar-refractivity contribution is -0.385. The molecule has 0 bridgehead atoms. The van der Waals surface area contributed by atoms with Crippen LogP contribution in [-0.2, 0) is 15.3 Å². The Hall–Kier alpha value is -2.03. The molecule has 0 radical (unpaired) electrons. The van der Waals surface area contributed by atoms with Gasteiger partial charge < -0.3 is 15.2 Å². The number of hydrogen-bond acceptors (Lipinski definition) is 6. The summed E-state index contributed by atoms with van der Waals surface area (Å²) in [5.74, 6) is -0.588. The van der Waals surface area contributed by atoms with E-state index in [-0.39, 0.29) is 11.3 Å². The number of nitro benzene ring substituents is 1. The Morgan fingerprint density at radius 2 is 2.10 bits per heavy atom. The minimum Gasteiger partial charge on any atom is -0.379 e. The summed E-state index contributed by atoms with van der Waals surface area (Å²) in [6, 6.07) is 3.97. The Labute approximate surface area is 114 Å². The maximum Gasteiger partial charge on any atom is 0.276 e. The second-order valence-electron chi connectivity index (χ2n) is 4.71. The van der Waals surface area contributed by atoms with Crippen molar-refractivity contribution in [1.29, 1.82) is 0 Å². The van der Waals surface area contributed by atoms with E-state index in [1.54, 1.807) is 4.90 Å². The molecule has 3 rings (SSSR count). The third-order valence-electron chi connectivity index (χ3n) is 3.62. The van der Waals surface area contributed by atoms with E-state index in [0.717, 1.165) is 0 Å². The number of nitrogens with one attached hydrogen (secondary N) is 1. The molecular weight excluding hydrogens is 266 g/mol. The molecule has 1 amide bonds. The topological polar surface area (TPSA) is 105 Å². The lowest BCUT2D eigenvalue weighted by Gasteiger charge is -2.37. The zero-order valence-electron chi connectivity index (χ0n) is 10.5. The summed E-state index contributed by atoms with van der Waals surface area (Å²) in [4.78, 5) is 24.0. The Morgan fingerprint density at radius 1 is 1.40 bits per heavy atom. The summed E-state index contributed by atoms with van der Waals surface area (Å²) >= 11 is 0. The van der Waals surface area contributed by atoms with E-state index in [1.807, 2.05) is 0 Å². The van der Waals surface area contributed by atoms with Crippen LogP contribution in [0.4, 0.5) is 11.4 Å². The molecule has 2 aliphatic rings. The first-order valence-corrected chi connectivity index (χ1v) is 6.19. The number of carbonyl (C=O) groups excluding carboxylic acids is 1. The maximum atomic E-state index is 12.1. The van der Waals surface area contributed by atoms with Crippen LogP contribution in [0.5, 0.6) is 0 Å². The van der Waals surface area contributed by atoms with Gasteiger partial charge in [-0.2, -0.15) is 0 Å². The first-order valence-electron chi connectivity index (χ1n) is 6.19. The predicted molar refractivity (Wildman–Crippen MR) is 68.0 cm³/mol. The van der Waals surface area contributed by atoms with Crippen molar-refractivity contribution in [2.45, 2.75) is 5.72 Å². The molecule has 1 atom stereocenters.